The van der Waals surface area contributed by atoms with Gasteiger partial charge >= 0.3 is 0 Å². The molecule has 0 saturated heterocycles. The number of halogens is 2. The van der Waals surface area contributed by atoms with Gasteiger partial charge in [-0.2, -0.15) is 0 Å². The van der Waals surface area contributed by atoms with Gasteiger partial charge in [0.05, 0.1) is 5.02 Å². The van der Waals surface area contributed by atoms with Gasteiger partial charge in [-0.05, 0) is 19.0 Å². The predicted molar refractivity (Wildman–Crippen MR) is 58.0 cm³/mol. The quantitative estimate of drug-likeness (QED) is 0.815. The average Bonchev–Trinajstić information content (AvgIpc) is 2.13. The van der Waals surface area contributed by atoms with Crippen molar-refractivity contribution in [2.75, 3.05) is 7.05 Å². The molecule has 0 amide bonds. The van der Waals surface area contributed by atoms with Crippen LogP contribution in [0.4, 0.5) is 4.39 Å². The summed E-state index contributed by atoms with van der Waals surface area (Å²) in [7, 11) is 1.82. The molecule has 0 aromatic heterocycles. The molecule has 1 N–H and O–H groups in total. The molecule has 0 aliphatic carbocycles. The first-order chi connectivity index (χ1) is 6.57. The maximum absolute atomic E-state index is 13.6. The van der Waals surface area contributed by atoms with Crippen LogP contribution in [0.5, 0.6) is 0 Å². The van der Waals surface area contributed by atoms with Crippen LogP contribution in [0, 0.1) is 11.7 Å². The van der Waals surface area contributed by atoms with E-state index in [1.165, 1.54) is 0 Å². The van der Waals surface area contributed by atoms with Crippen LogP contribution in [0.15, 0.2) is 18.2 Å². The van der Waals surface area contributed by atoms with E-state index in [4.69, 9.17) is 11.6 Å². The molecular weight excluding hydrogens is 201 g/mol. The summed E-state index contributed by atoms with van der Waals surface area (Å²) >= 11 is 5.72. The van der Waals surface area contributed by atoms with Gasteiger partial charge in [-0.1, -0.05) is 37.6 Å². The van der Waals surface area contributed by atoms with E-state index in [-0.39, 0.29) is 16.9 Å². The smallest absolute Gasteiger partial charge is 0.146 e. The lowest BCUT2D eigenvalue weighted by Crippen LogP contribution is -2.22. The van der Waals surface area contributed by atoms with E-state index >= 15 is 0 Å². The van der Waals surface area contributed by atoms with Crippen LogP contribution in [0.25, 0.3) is 0 Å². The Morgan fingerprint density at radius 1 is 1.36 bits per heavy atom. The van der Waals surface area contributed by atoms with Gasteiger partial charge in [0.2, 0.25) is 0 Å². The number of nitrogens with one attached hydrogen (secondary N) is 1. The highest BCUT2D eigenvalue weighted by Gasteiger charge is 2.18. The molecule has 14 heavy (non-hydrogen) atoms. The van der Waals surface area contributed by atoms with Crippen LogP contribution in [-0.4, -0.2) is 7.05 Å². The minimum Gasteiger partial charge on any atom is -0.313 e. The first-order valence-corrected chi connectivity index (χ1v) is 5.07. The molecule has 3 heteroatoms. The third-order valence-electron chi connectivity index (χ3n) is 2.29. The van der Waals surface area contributed by atoms with Crippen molar-refractivity contribution in [3.8, 4) is 0 Å². The molecule has 0 heterocycles. The standard InChI is InChI=1S/C11H15ClFN/c1-7(2)11(14-3)8-5-4-6-9(12)10(8)13/h4-7,11,14H,1-3H3. The molecule has 0 aliphatic heterocycles. The molecule has 0 fully saturated rings. The van der Waals surface area contributed by atoms with E-state index < -0.39 is 0 Å². The van der Waals surface area contributed by atoms with Crippen molar-refractivity contribution in [2.24, 2.45) is 5.92 Å². The Kier molecular flexibility index (Phi) is 3.90. The lowest BCUT2D eigenvalue weighted by Gasteiger charge is -2.21. The summed E-state index contributed by atoms with van der Waals surface area (Å²) in [5.41, 5.74) is 0.634. The van der Waals surface area contributed by atoms with Gasteiger partial charge in [-0.25, -0.2) is 4.39 Å². The average molecular weight is 216 g/mol. The normalized spacial score (nSPS) is 13.3. The molecule has 0 bridgehead atoms. The Bertz CT molecular complexity index is 312. The molecule has 0 aliphatic rings. The Morgan fingerprint density at radius 3 is 2.50 bits per heavy atom. The minimum absolute atomic E-state index is 0.00806. The summed E-state index contributed by atoms with van der Waals surface area (Å²) in [6.07, 6.45) is 0. The Balaban J connectivity index is 3.10. The SMILES string of the molecule is CNC(c1cccc(Cl)c1F)C(C)C. The van der Waals surface area contributed by atoms with Crippen molar-refractivity contribution in [3.05, 3.63) is 34.6 Å². The van der Waals surface area contributed by atoms with Gasteiger partial charge in [-0.15, -0.1) is 0 Å². The van der Waals surface area contributed by atoms with Crippen LogP contribution in [0.1, 0.15) is 25.5 Å². The summed E-state index contributed by atoms with van der Waals surface area (Å²) in [4.78, 5) is 0. The zero-order valence-electron chi connectivity index (χ0n) is 8.64. The topological polar surface area (TPSA) is 12.0 Å². The monoisotopic (exact) mass is 215 g/mol. The van der Waals surface area contributed by atoms with Crippen LogP contribution in [0.2, 0.25) is 5.02 Å². The minimum atomic E-state index is -0.317. The summed E-state index contributed by atoms with van der Waals surface area (Å²) < 4.78 is 13.6. The second-order valence-electron chi connectivity index (χ2n) is 3.65. The molecule has 1 aromatic rings. The highest BCUT2D eigenvalue weighted by molar-refractivity contribution is 6.30. The molecule has 0 spiro atoms. The van der Waals surface area contributed by atoms with Crippen molar-refractivity contribution in [2.45, 2.75) is 19.9 Å². The first kappa shape index (κ1) is 11.5. The Hall–Kier alpha value is -0.600. The van der Waals surface area contributed by atoms with Crippen LogP contribution in [0.3, 0.4) is 0 Å². The fourth-order valence-corrected chi connectivity index (χ4v) is 1.79. The highest BCUT2D eigenvalue weighted by atomic mass is 35.5. The summed E-state index contributed by atoms with van der Waals surface area (Å²) in [6, 6.07) is 5.11. The molecule has 1 rings (SSSR count). The summed E-state index contributed by atoms with van der Waals surface area (Å²) in [6.45, 7) is 4.09. The highest BCUT2D eigenvalue weighted by Crippen LogP contribution is 2.27. The molecule has 1 aromatic carbocycles. The van der Waals surface area contributed by atoms with Gasteiger partial charge in [0.15, 0.2) is 0 Å². The number of rotatable bonds is 3. The van der Waals surface area contributed by atoms with E-state index in [2.05, 4.69) is 5.32 Å². The fraction of sp³-hybridized carbons (Fsp3) is 0.455. The van der Waals surface area contributed by atoms with Crippen molar-refractivity contribution >= 4 is 11.6 Å². The van der Waals surface area contributed by atoms with Gasteiger partial charge in [0.1, 0.15) is 5.82 Å². The fourth-order valence-electron chi connectivity index (χ4n) is 1.61. The third kappa shape index (κ3) is 2.25. The first-order valence-electron chi connectivity index (χ1n) is 4.69. The second kappa shape index (κ2) is 4.76. The molecule has 78 valence electrons. The summed E-state index contributed by atoms with van der Waals surface area (Å²) in [5, 5.41) is 3.27. The van der Waals surface area contributed by atoms with Crippen LogP contribution < -0.4 is 5.32 Å². The molecule has 1 nitrogen and oxygen atoms in total. The van der Waals surface area contributed by atoms with Crippen molar-refractivity contribution < 1.29 is 4.39 Å². The van der Waals surface area contributed by atoms with E-state index in [1.54, 1.807) is 18.2 Å². The lowest BCUT2D eigenvalue weighted by molar-refractivity contribution is 0.424. The molecule has 1 unspecified atom stereocenters. The number of hydrogen-bond donors (Lipinski definition) is 1. The predicted octanol–water partition coefficient (Wildman–Crippen LogP) is 3.40. The van der Waals surface area contributed by atoms with Crippen molar-refractivity contribution in [1.29, 1.82) is 0 Å². The van der Waals surface area contributed by atoms with Crippen LogP contribution in [-0.2, 0) is 0 Å². The lowest BCUT2D eigenvalue weighted by atomic mass is 9.96. The maximum Gasteiger partial charge on any atom is 0.146 e. The van der Waals surface area contributed by atoms with E-state index in [0.29, 0.717) is 11.5 Å². The Morgan fingerprint density at radius 2 is 2.00 bits per heavy atom. The van der Waals surface area contributed by atoms with Crippen molar-refractivity contribution in [3.63, 3.8) is 0 Å². The van der Waals surface area contributed by atoms with Crippen molar-refractivity contribution in [1.82, 2.24) is 5.32 Å². The molecule has 0 saturated carbocycles. The van der Waals surface area contributed by atoms with E-state index in [0.717, 1.165) is 0 Å². The summed E-state index contributed by atoms with van der Waals surface area (Å²) in [5.74, 6) is 0.00943. The van der Waals surface area contributed by atoms with Gasteiger partial charge in [0.25, 0.3) is 0 Å². The largest absolute Gasteiger partial charge is 0.313 e. The van der Waals surface area contributed by atoms with E-state index in [9.17, 15) is 4.39 Å². The third-order valence-corrected chi connectivity index (χ3v) is 2.59. The zero-order chi connectivity index (χ0) is 10.7. The van der Waals surface area contributed by atoms with Gasteiger partial charge in [0, 0.05) is 11.6 Å². The molecule has 1 atom stereocenters. The zero-order valence-corrected chi connectivity index (χ0v) is 9.40. The Labute approximate surface area is 89.3 Å². The maximum atomic E-state index is 13.6. The molecule has 0 radical (unpaired) electrons. The van der Waals surface area contributed by atoms with Gasteiger partial charge < -0.3 is 5.32 Å². The second-order valence-corrected chi connectivity index (χ2v) is 4.06. The number of benzene rings is 1. The van der Waals surface area contributed by atoms with Gasteiger partial charge in [-0.3, -0.25) is 0 Å². The molecular formula is C11H15ClFN. The van der Waals surface area contributed by atoms with E-state index in [1.807, 2.05) is 20.9 Å². The number of hydrogen-bond acceptors (Lipinski definition) is 1. The van der Waals surface area contributed by atoms with Crippen LogP contribution >= 0.6 is 11.6 Å².